The lowest BCUT2D eigenvalue weighted by Gasteiger charge is -2.27. The molecule has 0 unspecified atom stereocenters. The van der Waals surface area contributed by atoms with Crippen LogP contribution in [0, 0.1) is 0 Å². The Morgan fingerprint density at radius 3 is 2.30 bits per heavy atom. The van der Waals surface area contributed by atoms with Crippen molar-refractivity contribution >= 4 is 11.9 Å². The number of rotatable bonds is 6. The molecule has 1 aromatic rings. The molecule has 20 heavy (non-hydrogen) atoms. The average Bonchev–Trinajstić information content (AvgIpc) is 2.94. The van der Waals surface area contributed by atoms with Crippen molar-refractivity contribution in [3.8, 4) is 0 Å². The van der Waals surface area contributed by atoms with Gasteiger partial charge in [-0.2, -0.15) is 0 Å². The molecule has 0 atom stereocenters. The summed E-state index contributed by atoms with van der Waals surface area (Å²) >= 11 is 0. The third-order valence-corrected chi connectivity index (χ3v) is 3.08. The summed E-state index contributed by atoms with van der Waals surface area (Å²) in [6, 6.07) is 1.32. The number of hydrogen-bond acceptors (Lipinski definition) is 4. The number of urea groups is 1. The fourth-order valence-electron chi connectivity index (χ4n) is 1.89. The van der Waals surface area contributed by atoms with Gasteiger partial charge in [0.15, 0.2) is 5.69 Å². The fourth-order valence-corrected chi connectivity index (χ4v) is 1.89. The van der Waals surface area contributed by atoms with Crippen LogP contribution in [0.15, 0.2) is 10.6 Å². The van der Waals surface area contributed by atoms with Crippen LogP contribution in [0.25, 0.3) is 0 Å². The molecule has 0 aliphatic carbocycles. The smallest absolute Gasteiger partial charge is 0.326 e. The highest BCUT2D eigenvalue weighted by molar-refractivity contribution is 6.03. The highest BCUT2D eigenvalue weighted by Gasteiger charge is 2.27. The van der Waals surface area contributed by atoms with Crippen molar-refractivity contribution in [2.75, 3.05) is 19.6 Å². The lowest BCUT2D eigenvalue weighted by atomic mass is 10.3. The van der Waals surface area contributed by atoms with E-state index in [1.165, 1.54) is 4.90 Å². The maximum absolute atomic E-state index is 12.4. The summed E-state index contributed by atoms with van der Waals surface area (Å²) in [6.07, 6.45) is 1.37. The maximum Gasteiger partial charge on any atom is 0.326 e. The van der Waals surface area contributed by atoms with E-state index >= 15 is 0 Å². The van der Waals surface area contributed by atoms with E-state index in [1.54, 1.807) is 11.0 Å². The van der Waals surface area contributed by atoms with E-state index in [1.807, 2.05) is 27.7 Å². The van der Waals surface area contributed by atoms with Crippen LogP contribution in [0.3, 0.4) is 0 Å². The summed E-state index contributed by atoms with van der Waals surface area (Å²) < 4.78 is 5.03. The Labute approximate surface area is 119 Å². The van der Waals surface area contributed by atoms with Gasteiger partial charge in [0.2, 0.25) is 0 Å². The molecule has 0 spiro atoms. The summed E-state index contributed by atoms with van der Waals surface area (Å²) in [5.41, 5.74) is 0.191. The van der Waals surface area contributed by atoms with Gasteiger partial charge < -0.3 is 9.42 Å². The minimum Gasteiger partial charge on any atom is -0.361 e. The van der Waals surface area contributed by atoms with Crippen LogP contribution in [0.1, 0.15) is 50.4 Å². The molecule has 0 saturated carbocycles. The van der Waals surface area contributed by atoms with E-state index in [0.717, 1.165) is 0 Å². The number of aryl methyl sites for hydroxylation is 1. The van der Waals surface area contributed by atoms with Crippen molar-refractivity contribution < 1.29 is 14.1 Å². The molecule has 0 aliphatic heterocycles. The number of aromatic nitrogens is 1. The SMILES string of the molecule is CCCN(C(=O)c1cc(CC)on1)C(=O)N(CC)CC. The van der Waals surface area contributed by atoms with Crippen LogP contribution in [-0.2, 0) is 6.42 Å². The van der Waals surface area contributed by atoms with Crippen LogP contribution >= 0.6 is 0 Å². The predicted molar refractivity (Wildman–Crippen MR) is 75.5 cm³/mol. The molecule has 0 aliphatic rings. The highest BCUT2D eigenvalue weighted by Crippen LogP contribution is 2.10. The van der Waals surface area contributed by atoms with Crippen molar-refractivity contribution in [1.82, 2.24) is 15.0 Å². The molecule has 0 saturated heterocycles. The summed E-state index contributed by atoms with van der Waals surface area (Å²) in [5.74, 6) is 0.243. The fraction of sp³-hybridized carbons (Fsp3) is 0.643. The van der Waals surface area contributed by atoms with E-state index < -0.39 is 5.91 Å². The van der Waals surface area contributed by atoms with E-state index in [-0.39, 0.29) is 11.7 Å². The van der Waals surface area contributed by atoms with Gasteiger partial charge in [0, 0.05) is 32.1 Å². The molecule has 0 aromatic carbocycles. The second kappa shape index (κ2) is 7.67. The predicted octanol–water partition coefficient (Wildman–Crippen LogP) is 2.55. The number of carbonyl (C=O) groups excluding carboxylic acids is 2. The monoisotopic (exact) mass is 281 g/mol. The second-order valence-corrected chi connectivity index (χ2v) is 4.44. The topological polar surface area (TPSA) is 66.7 Å². The first-order chi connectivity index (χ1) is 9.58. The van der Waals surface area contributed by atoms with Crippen LogP contribution in [0.4, 0.5) is 4.79 Å². The van der Waals surface area contributed by atoms with Gasteiger partial charge in [0.25, 0.3) is 5.91 Å². The first-order valence-corrected chi connectivity index (χ1v) is 7.15. The van der Waals surface area contributed by atoms with Gasteiger partial charge in [-0.15, -0.1) is 0 Å². The van der Waals surface area contributed by atoms with Gasteiger partial charge in [0.1, 0.15) is 5.76 Å². The Kier molecular flexibility index (Phi) is 6.21. The van der Waals surface area contributed by atoms with Gasteiger partial charge in [-0.05, 0) is 20.3 Å². The van der Waals surface area contributed by atoms with Gasteiger partial charge >= 0.3 is 6.03 Å². The maximum atomic E-state index is 12.4. The van der Waals surface area contributed by atoms with Gasteiger partial charge in [0.05, 0.1) is 0 Å². The molecule has 1 aromatic heterocycles. The zero-order valence-corrected chi connectivity index (χ0v) is 12.7. The number of imide groups is 1. The molecule has 3 amide bonds. The minimum absolute atomic E-state index is 0.191. The van der Waals surface area contributed by atoms with Crippen molar-refractivity contribution in [3.63, 3.8) is 0 Å². The number of hydrogen-bond donors (Lipinski definition) is 0. The molecular formula is C14H23N3O3. The quantitative estimate of drug-likeness (QED) is 0.803. The highest BCUT2D eigenvalue weighted by atomic mass is 16.5. The van der Waals surface area contributed by atoms with Gasteiger partial charge in [-0.25, -0.2) is 4.79 Å². The van der Waals surface area contributed by atoms with Crippen LogP contribution in [-0.4, -0.2) is 46.5 Å². The molecule has 112 valence electrons. The van der Waals surface area contributed by atoms with Crippen LogP contribution in [0.5, 0.6) is 0 Å². The first kappa shape index (κ1) is 16.2. The zero-order chi connectivity index (χ0) is 15.1. The normalized spacial score (nSPS) is 10.4. The van der Waals surface area contributed by atoms with Crippen molar-refractivity contribution in [1.29, 1.82) is 0 Å². The van der Waals surface area contributed by atoms with Crippen molar-refractivity contribution in [2.45, 2.75) is 40.5 Å². The zero-order valence-electron chi connectivity index (χ0n) is 12.7. The van der Waals surface area contributed by atoms with E-state index in [0.29, 0.717) is 38.2 Å². The molecule has 1 heterocycles. The van der Waals surface area contributed by atoms with Crippen LogP contribution < -0.4 is 0 Å². The number of amides is 3. The molecule has 0 N–H and O–H groups in total. The first-order valence-electron chi connectivity index (χ1n) is 7.15. The summed E-state index contributed by atoms with van der Waals surface area (Å²) in [5, 5.41) is 3.75. The van der Waals surface area contributed by atoms with Crippen molar-refractivity contribution in [3.05, 3.63) is 17.5 Å². The summed E-state index contributed by atoms with van der Waals surface area (Å²) in [7, 11) is 0. The molecule has 0 bridgehead atoms. The Hall–Kier alpha value is -1.85. The standard InChI is InChI=1S/C14H23N3O3/c1-5-9-17(14(19)16(7-3)8-4)13(18)12-10-11(6-2)20-15-12/h10H,5-9H2,1-4H3. The Morgan fingerprint density at radius 1 is 1.20 bits per heavy atom. The Balaban J connectivity index is 2.94. The van der Waals surface area contributed by atoms with E-state index in [2.05, 4.69) is 5.16 Å². The molecular weight excluding hydrogens is 258 g/mol. The number of nitrogens with zero attached hydrogens (tertiary/aromatic N) is 3. The third kappa shape index (κ3) is 3.59. The second-order valence-electron chi connectivity index (χ2n) is 4.44. The third-order valence-electron chi connectivity index (χ3n) is 3.08. The number of carbonyl (C=O) groups is 2. The summed E-state index contributed by atoms with van der Waals surface area (Å²) in [6.45, 7) is 9.14. The average molecular weight is 281 g/mol. The largest absolute Gasteiger partial charge is 0.361 e. The minimum atomic E-state index is -0.396. The van der Waals surface area contributed by atoms with Gasteiger partial charge in [-0.3, -0.25) is 9.69 Å². The summed E-state index contributed by atoms with van der Waals surface area (Å²) in [4.78, 5) is 27.6. The van der Waals surface area contributed by atoms with Crippen LogP contribution in [0.2, 0.25) is 0 Å². The molecule has 6 heteroatoms. The molecule has 1 rings (SSSR count). The molecule has 6 nitrogen and oxygen atoms in total. The van der Waals surface area contributed by atoms with E-state index in [4.69, 9.17) is 4.52 Å². The van der Waals surface area contributed by atoms with E-state index in [9.17, 15) is 9.59 Å². The molecule has 0 fully saturated rings. The lowest BCUT2D eigenvalue weighted by Crippen LogP contribution is -2.46. The lowest BCUT2D eigenvalue weighted by molar-refractivity contribution is 0.0752. The Bertz CT molecular complexity index is 452. The molecule has 0 radical (unpaired) electrons. The van der Waals surface area contributed by atoms with Crippen molar-refractivity contribution in [2.24, 2.45) is 0 Å². The Morgan fingerprint density at radius 2 is 1.85 bits per heavy atom. The van der Waals surface area contributed by atoms with Gasteiger partial charge in [-0.1, -0.05) is 19.0 Å².